The third kappa shape index (κ3) is 3.38. The lowest BCUT2D eigenvalue weighted by molar-refractivity contribution is -0.251. The molecule has 9 heteroatoms. The molecule has 2 heterocycles. The zero-order valence-electron chi connectivity index (χ0n) is 16.8. The maximum atomic E-state index is 13.1. The van der Waals surface area contributed by atoms with Gasteiger partial charge in [-0.2, -0.15) is 13.2 Å². The van der Waals surface area contributed by atoms with Gasteiger partial charge in [0.15, 0.2) is 0 Å². The van der Waals surface area contributed by atoms with Crippen molar-refractivity contribution in [2.24, 2.45) is 11.8 Å². The van der Waals surface area contributed by atoms with E-state index < -0.39 is 17.7 Å². The van der Waals surface area contributed by atoms with E-state index in [-0.39, 0.29) is 30.3 Å². The standard InChI is InChI=1S/C21H24F3N3O3/c1-13-12-27(18(28)19(2,29)21(22,23)24)11-8-15(13)20(9-10-20)17-26-25-16(30-17)14-6-4-3-5-7-14/h3-7,13,15,29H,8-12H2,1-2H3/t13-,15?,19?/m1/s1. The fourth-order valence-corrected chi connectivity index (χ4v) is 4.58. The number of rotatable bonds is 4. The van der Waals surface area contributed by atoms with E-state index >= 15 is 0 Å². The molecule has 1 aliphatic heterocycles. The van der Waals surface area contributed by atoms with E-state index in [1.807, 2.05) is 37.3 Å². The average molecular weight is 423 g/mol. The van der Waals surface area contributed by atoms with E-state index in [0.29, 0.717) is 25.1 Å². The number of piperidine rings is 1. The van der Waals surface area contributed by atoms with Crippen molar-refractivity contribution in [1.29, 1.82) is 0 Å². The molecule has 2 aromatic rings. The molecule has 4 rings (SSSR count). The molecule has 6 nitrogen and oxygen atoms in total. The number of likely N-dealkylation sites (tertiary alicyclic amines) is 1. The van der Waals surface area contributed by atoms with E-state index in [9.17, 15) is 23.1 Å². The zero-order valence-corrected chi connectivity index (χ0v) is 16.8. The van der Waals surface area contributed by atoms with Crippen LogP contribution in [0.2, 0.25) is 0 Å². The van der Waals surface area contributed by atoms with Gasteiger partial charge in [-0.05, 0) is 50.2 Å². The SMILES string of the molecule is C[C@@H]1CN(C(=O)C(C)(O)C(F)(F)F)CCC1C1(c2nnc(-c3ccccc3)o2)CC1. The fourth-order valence-electron chi connectivity index (χ4n) is 4.58. The van der Waals surface area contributed by atoms with Crippen molar-refractivity contribution >= 4 is 5.91 Å². The summed E-state index contributed by atoms with van der Waals surface area (Å²) in [5, 5.41) is 18.2. The molecule has 1 aromatic carbocycles. The molecule has 162 valence electrons. The Kier molecular flexibility index (Phi) is 4.91. The minimum Gasteiger partial charge on any atom is -0.420 e. The number of carbonyl (C=O) groups is 1. The molecule has 3 atom stereocenters. The minimum absolute atomic E-state index is 0.0682. The highest BCUT2D eigenvalue weighted by atomic mass is 19.4. The van der Waals surface area contributed by atoms with Gasteiger partial charge in [0.05, 0.1) is 5.41 Å². The van der Waals surface area contributed by atoms with Crippen LogP contribution in [0.25, 0.3) is 11.5 Å². The molecule has 2 unspecified atom stereocenters. The number of benzene rings is 1. The van der Waals surface area contributed by atoms with Gasteiger partial charge in [-0.1, -0.05) is 25.1 Å². The largest absolute Gasteiger partial charge is 0.426 e. The van der Waals surface area contributed by atoms with Crippen molar-refractivity contribution in [3.05, 3.63) is 36.2 Å². The quantitative estimate of drug-likeness (QED) is 0.814. The van der Waals surface area contributed by atoms with Gasteiger partial charge in [0.25, 0.3) is 5.91 Å². The number of aliphatic hydroxyl groups is 1. The van der Waals surface area contributed by atoms with Crippen molar-refractivity contribution in [2.75, 3.05) is 13.1 Å². The molecule has 1 aromatic heterocycles. The predicted octanol–water partition coefficient (Wildman–Crippen LogP) is 3.57. The maximum Gasteiger partial charge on any atom is 0.426 e. The van der Waals surface area contributed by atoms with Crippen LogP contribution in [-0.4, -0.2) is 51.0 Å². The summed E-state index contributed by atoms with van der Waals surface area (Å²) in [6.45, 7) is 2.73. The molecule has 2 fully saturated rings. The Balaban J connectivity index is 1.49. The van der Waals surface area contributed by atoms with Crippen LogP contribution in [-0.2, 0) is 10.2 Å². The first-order chi connectivity index (χ1) is 14.1. The van der Waals surface area contributed by atoms with Crippen LogP contribution >= 0.6 is 0 Å². The van der Waals surface area contributed by atoms with Crippen LogP contribution in [0.4, 0.5) is 13.2 Å². The number of carbonyl (C=O) groups excluding carboxylic acids is 1. The summed E-state index contributed by atoms with van der Waals surface area (Å²) in [4.78, 5) is 13.4. The van der Waals surface area contributed by atoms with Crippen LogP contribution in [0.15, 0.2) is 34.7 Å². The van der Waals surface area contributed by atoms with Gasteiger partial charge in [-0.3, -0.25) is 4.79 Å². The first kappa shape index (κ1) is 20.8. The molecule has 2 aliphatic rings. The average Bonchev–Trinajstić information content (AvgIpc) is 3.35. The number of hydrogen-bond donors (Lipinski definition) is 1. The first-order valence-electron chi connectivity index (χ1n) is 10.0. The van der Waals surface area contributed by atoms with Gasteiger partial charge in [0, 0.05) is 18.7 Å². The van der Waals surface area contributed by atoms with Crippen LogP contribution in [0.3, 0.4) is 0 Å². The first-order valence-corrected chi connectivity index (χ1v) is 10.0. The number of aromatic nitrogens is 2. The van der Waals surface area contributed by atoms with Crippen molar-refractivity contribution in [1.82, 2.24) is 15.1 Å². The molecule has 1 amide bonds. The Morgan fingerprint density at radius 1 is 1.23 bits per heavy atom. The van der Waals surface area contributed by atoms with Gasteiger partial charge >= 0.3 is 6.18 Å². The predicted molar refractivity (Wildman–Crippen MR) is 101 cm³/mol. The third-order valence-corrected chi connectivity index (χ3v) is 6.53. The van der Waals surface area contributed by atoms with Crippen molar-refractivity contribution in [2.45, 2.75) is 50.3 Å². The second-order valence-corrected chi connectivity index (χ2v) is 8.63. The van der Waals surface area contributed by atoms with Crippen LogP contribution in [0, 0.1) is 11.8 Å². The molecule has 30 heavy (non-hydrogen) atoms. The van der Waals surface area contributed by atoms with Crippen molar-refractivity contribution in [3.8, 4) is 11.5 Å². The molecule has 1 saturated carbocycles. The monoisotopic (exact) mass is 423 g/mol. The summed E-state index contributed by atoms with van der Waals surface area (Å²) < 4.78 is 45.1. The minimum atomic E-state index is -5.01. The lowest BCUT2D eigenvalue weighted by atomic mass is 9.74. The van der Waals surface area contributed by atoms with E-state index in [0.717, 1.165) is 23.3 Å². The smallest absolute Gasteiger partial charge is 0.420 e. The number of hydrogen-bond acceptors (Lipinski definition) is 5. The van der Waals surface area contributed by atoms with Crippen molar-refractivity contribution < 1.29 is 27.5 Å². The summed E-state index contributed by atoms with van der Waals surface area (Å²) in [5.74, 6) is -0.254. The van der Waals surface area contributed by atoms with Crippen molar-refractivity contribution in [3.63, 3.8) is 0 Å². The molecule has 1 aliphatic carbocycles. The number of halogens is 3. The third-order valence-electron chi connectivity index (χ3n) is 6.53. The molecular formula is C21H24F3N3O3. The van der Waals surface area contributed by atoms with Gasteiger partial charge in [-0.25, -0.2) is 0 Å². The van der Waals surface area contributed by atoms with E-state index in [4.69, 9.17) is 4.42 Å². The fraction of sp³-hybridized carbons (Fsp3) is 0.571. The van der Waals surface area contributed by atoms with E-state index in [2.05, 4.69) is 10.2 Å². The Bertz CT molecular complexity index is 922. The van der Waals surface area contributed by atoms with Gasteiger partial charge in [0.1, 0.15) is 0 Å². The van der Waals surface area contributed by atoms with Gasteiger partial charge in [-0.15, -0.1) is 10.2 Å². The lowest BCUT2D eigenvalue weighted by Crippen LogP contribution is -2.58. The number of amides is 1. The number of alkyl halides is 3. The summed E-state index contributed by atoms with van der Waals surface area (Å²) in [7, 11) is 0. The molecule has 0 spiro atoms. The van der Waals surface area contributed by atoms with E-state index in [1.165, 1.54) is 0 Å². The topological polar surface area (TPSA) is 79.5 Å². The number of nitrogens with zero attached hydrogens (tertiary/aromatic N) is 3. The summed E-state index contributed by atoms with van der Waals surface area (Å²) in [5.41, 5.74) is -2.84. The summed E-state index contributed by atoms with van der Waals surface area (Å²) >= 11 is 0. The second-order valence-electron chi connectivity index (χ2n) is 8.63. The lowest BCUT2D eigenvalue weighted by Gasteiger charge is -2.42. The summed E-state index contributed by atoms with van der Waals surface area (Å²) in [6, 6.07) is 9.44. The van der Waals surface area contributed by atoms with Gasteiger partial charge in [0.2, 0.25) is 17.4 Å². The van der Waals surface area contributed by atoms with Crippen LogP contribution < -0.4 is 0 Å². The highest BCUT2D eigenvalue weighted by molar-refractivity contribution is 5.85. The highest BCUT2D eigenvalue weighted by Gasteiger charge is 2.60. The Hall–Kier alpha value is -2.42. The van der Waals surface area contributed by atoms with Gasteiger partial charge < -0.3 is 14.4 Å². The molecule has 1 N–H and O–H groups in total. The normalized spacial score (nSPS) is 25.6. The zero-order chi connectivity index (χ0) is 21.7. The Morgan fingerprint density at radius 3 is 2.47 bits per heavy atom. The molecule has 0 bridgehead atoms. The van der Waals surface area contributed by atoms with Crippen LogP contribution in [0.1, 0.15) is 39.0 Å². The molecular weight excluding hydrogens is 399 g/mol. The maximum absolute atomic E-state index is 13.1. The highest BCUT2D eigenvalue weighted by Crippen LogP contribution is 2.58. The molecule has 1 saturated heterocycles. The second kappa shape index (κ2) is 7.08. The Labute approximate surface area is 172 Å². The van der Waals surface area contributed by atoms with E-state index in [1.54, 1.807) is 0 Å². The van der Waals surface area contributed by atoms with Crippen LogP contribution in [0.5, 0.6) is 0 Å². The molecule has 0 radical (unpaired) electrons. The summed E-state index contributed by atoms with van der Waals surface area (Å²) in [6.07, 6.45) is -2.76. The Morgan fingerprint density at radius 2 is 1.90 bits per heavy atom.